The Morgan fingerprint density at radius 1 is 1.53 bits per heavy atom. The van der Waals surface area contributed by atoms with Gasteiger partial charge in [-0.3, -0.25) is 9.59 Å². The van der Waals surface area contributed by atoms with Crippen LogP contribution in [0, 0.1) is 6.92 Å². The fourth-order valence-electron chi connectivity index (χ4n) is 2.02. The van der Waals surface area contributed by atoms with E-state index in [1.165, 1.54) is 12.3 Å². The van der Waals surface area contributed by atoms with Gasteiger partial charge in [-0.25, -0.2) is 0 Å². The molecule has 5 nitrogen and oxygen atoms in total. The first-order valence-electron chi connectivity index (χ1n) is 5.73. The summed E-state index contributed by atoms with van der Waals surface area (Å²) in [5.41, 5.74) is 0.423. The van der Waals surface area contributed by atoms with Crippen LogP contribution < -0.4 is 16.1 Å². The Bertz CT molecular complexity index is 487. The van der Waals surface area contributed by atoms with Crippen molar-refractivity contribution < 1.29 is 4.79 Å². The smallest absolute Gasteiger partial charge is 0.257 e. The van der Waals surface area contributed by atoms with Gasteiger partial charge in [-0.1, -0.05) is 0 Å². The molecule has 1 saturated heterocycles. The van der Waals surface area contributed by atoms with E-state index in [0.29, 0.717) is 0 Å². The molecule has 2 heterocycles. The van der Waals surface area contributed by atoms with Crippen LogP contribution in [0.5, 0.6) is 0 Å². The van der Waals surface area contributed by atoms with Gasteiger partial charge in [0.05, 0.1) is 5.54 Å². The molecule has 1 aromatic rings. The van der Waals surface area contributed by atoms with Crippen molar-refractivity contribution >= 4 is 5.91 Å². The number of carbonyl (C=O) groups is 1. The van der Waals surface area contributed by atoms with E-state index in [1.807, 2.05) is 6.92 Å². The minimum atomic E-state index is -0.308. The Kier molecular flexibility index (Phi) is 3.02. The number of hydrogen-bond donors (Lipinski definition) is 3. The summed E-state index contributed by atoms with van der Waals surface area (Å²) in [5.74, 6) is -0.308. The lowest BCUT2D eigenvalue weighted by molar-refractivity contribution is 0.0911. The monoisotopic (exact) mass is 235 g/mol. The number of H-pyrrole nitrogens is 1. The summed E-state index contributed by atoms with van der Waals surface area (Å²) < 4.78 is 0. The van der Waals surface area contributed by atoms with Crippen molar-refractivity contribution in [3.05, 3.63) is 33.7 Å². The van der Waals surface area contributed by atoms with Crippen LogP contribution in [0.1, 0.15) is 29.4 Å². The molecule has 0 spiro atoms. The van der Waals surface area contributed by atoms with Crippen molar-refractivity contribution in [3.8, 4) is 0 Å². The average Bonchev–Trinajstić information content (AvgIpc) is 2.64. The van der Waals surface area contributed by atoms with Gasteiger partial charge < -0.3 is 15.6 Å². The first-order chi connectivity index (χ1) is 8.00. The van der Waals surface area contributed by atoms with Gasteiger partial charge in [0.1, 0.15) is 5.56 Å². The maximum Gasteiger partial charge on any atom is 0.257 e. The van der Waals surface area contributed by atoms with Gasteiger partial charge in [0.15, 0.2) is 5.43 Å². The van der Waals surface area contributed by atoms with E-state index < -0.39 is 0 Å². The Hall–Kier alpha value is -1.62. The van der Waals surface area contributed by atoms with Gasteiger partial charge in [-0.15, -0.1) is 0 Å². The molecule has 0 aliphatic carbocycles. The van der Waals surface area contributed by atoms with Gasteiger partial charge in [0, 0.05) is 24.5 Å². The molecule has 1 amide bonds. The van der Waals surface area contributed by atoms with E-state index in [0.717, 1.165) is 25.2 Å². The molecule has 0 radical (unpaired) electrons. The highest BCUT2D eigenvalue weighted by Gasteiger charge is 2.30. The Morgan fingerprint density at radius 2 is 2.29 bits per heavy atom. The molecule has 0 bridgehead atoms. The summed E-state index contributed by atoms with van der Waals surface area (Å²) in [7, 11) is 0. The molecule has 1 aliphatic heterocycles. The third-order valence-corrected chi connectivity index (χ3v) is 3.09. The van der Waals surface area contributed by atoms with Crippen molar-refractivity contribution in [2.75, 3.05) is 13.1 Å². The van der Waals surface area contributed by atoms with E-state index in [9.17, 15) is 9.59 Å². The summed E-state index contributed by atoms with van der Waals surface area (Å²) in [6.07, 6.45) is 2.35. The Balaban J connectivity index is 2.17. The lowest BCUT2D eigenvalue weighted by Crippen LogP contribution is -2.48. The molecule has 1 aliphatic rings. The number of nitrogens with one attached hydrogen (secondary N) is 3. The molecule has 5 heteroatoms. The highest BCUT2D eigenvalue weighted by molar-refractivity contribution is 5.94. The number of hydrogen-bond acceptors (Lipinski definition) is 3. The molecular formula is C12H17N3O2. The summed E-state index contributed by atoms with van der Waals surface area (Å²) >= 11 is 0. The first-order valence-corrected chi connectivity index (χ1v) is 5.73. The van der Waals surface area contributed by atoms with Crippen LogP contribution in [0.15, 0.2) is 17.1 Å². The lowest BCUT2D eigenvalue weighted by atomic mass is 10.0. The zero-order valence-electron chi connectivity index (χ0n) is 10.1. The standard InChI is InChI=1S/C12H17N3O2/c1-8-5-10(16)9(6-14-8)11(17)15-12(2)3-4-13-7-12/h5-6,13H,3-4,7H2,1-2H3,(H,14,16)(H,15,17). The molecule has 2 rings (SSSR count). The summed E-state index contributed by atoms with van der Waals surface area (Å²) in [6, 6.07) is 1.43. The van der Waals surface area contributed by atoms with E-state index in [4.69, 9.17) is 0 Å². The second kappa shape index (κ2) is 4.33. The quantitative estimate of drug-likeness (QED) is 0.684. The predicted molar refractivity (Wildman–Crippen MR) is 65.2 cm³/mol. The van der Waals surface area contributed by atoms with Crippen LogP contribution in [0.25, 0.3) is 0 Å². The Morgan fingerprint density at radius 3 is 2.88 bits per heavy atom. The maximum absolute atomic E-state index is 12.0. The lowest BCUT2D eigenvalue weighted by Gasteiger charge is -2.24. The Labute approximate surface area is 99.6 Å². The largest absolute Gasteiger partial charge is 0.364 e. The summed E-state index contributed by atoms with van der Waals surface area (Å²) in [4.78, 5) is 26.5. The molecule has 1 aromatic heterocycles. The van der Waals surface area contributed by atoms with Crippen molar-refractivity contribution in [2.45, 2.75) is 25.8 Å². The molecule has 1 atom stereocenters. The van der Waals surface area contributed by atoms with Crippen LogP contribution in [0.2, 0.25) is 0 Å². The highest BCUT2D eigenvalue weighted by atomic mass is 16.2. The minimum absolute atomic E-state index is 0.170. The normalized spacial score (nSPS) is 23.6. The zero-order valence-corrected chi connectivity index (χ0v) is 10.1. The van der Waals surface area contributed by atoms with Crippen molar-refractivity contribution in [2.24, 2.45) is 0 Å². The van der Waals surface area contributed by atoms with Crippen LogP contribution in [-0.2, 0) is 0 Å². The van der Waals surface area contributed by atoms with E-state index in [2.05, 4.69) is 15.6 Å². The third-order valence-electron chi connectivity index (χ3n) is 3.09. The fraction of sp³-hybridized carbons (Fsp3) is 0.500. The van der Waals surface area contributed by atoms with Crippen molar-refractivity contribution in [3.63, 3.8) is 0 Å². The number of pyridine rings is 1. The number of amides is 1. The number of aromatic nitrogens is 1. The van der Waals surface area contributed by atoms with Crippen LogP contribution in [0.3, 0.4) is 0 Å². The number of carbonyl (C=O) groups excluding carboxylic acids is 1. The maximum atomic E-state index is 12.0. The van der Waals surface area contributed by atoms with Crippen molar-refractivity contribution in [1.82, 2.24) is 15.6 Å². The van der Waals surface area contributed by atoms with Gasteiger partial charge >= 0.3 is 0 Å². The number of aromatic amines is 1. The average molecular weight is 235 g/mol. The number of aryl methyl sites for hydroxylation is 1. The van der Waals surface area contributed by atoms with Crippen LogP contribution >= 0.6 is 0 Å². The second-order valence-electron chi connectivity index (χ2n) is 4.84. The molecule has 1 fully saturated rings. The van der Waals surface area contributed by atoms with Crippen LogP contribution in [-0.4, -0.2) is 29.5 Å². The first kappa shape index (κ1) is 11.9. The van der Waals surface area contributed by atoms with Gasteiger partial charge in [-0.2, -0.15) is 0 Å². The zero-order chi connectivity index (χ0) is 12.5. The highest BCUT2D eigenvalue weighted by Crippen LogP contribution is 2.13. The molecular weight excluding hydrogens is 218 g/mol. The SMILES string of the molecule is Cc1cc(=O)c(C(=O)NC2(C)CCNC2)c[nH]1. The molecule has 92 valence electrons. The van der Waals surface area contributed by atoms with Crippen LogP contribution in [0.4, 0.5) is 0 Å². The van der Waals surface area contributed by atoms with Gasteiger partial charge in [0.25, 0.3) is 5.91 Å². The van der Waals surface area contributed by atoms with Gasteiger partial charge in [-0.05, 0) is 26.8 Å². The predicted octanol–water partition coefficient (Wildman–Crippen LogP) is 0.165. The molecule has 3 N–H and O–H groups in total. The second-order valence-corrected chi connectivity index (χ2v) is 4.84. The van der Waals surface area contributed by atoms with E-state index in [-0.39, 0.29) is 22.4 Å². The third kappa shape index (κ3) is 2.55. The molecule has 1 unspecified atom stereocenters. The molecule has 17 heavy (non-hydrogen) atoms. The van der Waals surface area contributed by atoms with Crippen molar-refractivity contribution in [1.29, 1.82) is 0 Å². The van der Waals surface area contributed by atoms with Gasteiger partial charge in [0.2, 0.25) is 0 Å². The molecule has 0 aromatic carbocycles. The fourth-order valence-corrected chi connectivity index (χ4v) is 2.02. The summed E-state index contributed by atoms with van der Waals surface area (Å²) in [6.45, 7) is 5.39. The van der Waals surface area contributed by atoms with E-state index >= 15 is 0 Å². The number of rotatable bonds is 2. The minimum Gasteiger partial charge on any atom is -0.364 e. The topological polar surface area (TPSA) is 74.0 Å². The summed E-state index contributed by atoms with van der Waals surface area (Å²) in [5, 5.41) is 6.10. The molecule has 0 saturated carbocycles. The van der Waals surface area contributed by atoms with E-state index in [1.54, 1.807) is 6.92 Å².